The van der Waals surface area contributed by atoms with Gasteiger partial charge in [-0.3, -0.25) is 9.59 Å². The lowest BCUT2D eigenvalue weighted by Crippen LogP contribution is -2.25. The number of amides is 1. The number of anilines is 3. The minimum atomic E-state index is -1.21. The van der Waals surface area contributed by atoms with Crippen LogP contribution in [0.25, 0.3) is 11.0 Å². The number of carbonyl (C=O) groups is 2. The minimum absolute atomic E-state index is 0.00656. The van der Waals surface area contributed by atoms with Gasteiger partial charge in [0.05, 0.1) is 24.2 Å². The third-order valence-corrected chi connectivity index (χ3v) is 5.05. The van der Waals surface area contributed by atoms with Gasteiger partial charge in [-0.1, -0.05) is 12.1 Å². The zero-order valence-corrected chi connectivity index (χ0v) is 16.5. The highest BCUT2D eigenvalue weighted by Gasteiger charge is 2.28. The number of nitriles is 1. The van der Waals surface area contributed by atoms with Crippen LogP contribution in [0.1, 0.15) is 24.1 Å². The molecule has 2 aromatic carbocycles. The first-order chi connectivity index (χ1) is 14.5. The van der Waals surface area contributed by atoms with E-state index in [9.17, 15) is 14.9 Å². The van der Waals surface area contributed by atoms with Crippen molar-refractivity contribution in [3.8, 4) is 6.07 Å². The van der Waals surface area contributed by atoms with E-state index in [-0.39, 0.29) is 11.6 Å². The van der Waals surface area contributed by atoms with Crippen molar-refractivity contribution in [3.63, 3.8) is 0 Å². The number of carbonyl (C=O) groups excluding carboxylic acids is 2. The van der Waals surface area contributed by atoms with Crippen LogP contribution < -0.4 is 10.2 Å². The van der Waals surface area contributed by atoms with Crippen LogP contribution in [0.5, 0.6) is 0 Å². The number of nitrogens with one attached hydrogen (secondary N) is 1. The van der Waals surface area contributed by atoms with Gasteiger partial charge in [0, 0.05) is 24.8 Å². The average molecular weight is 401 g/mol. The molecule has 0 spiro atoms. The molecule has 3 aromatic rings. The molecule has 4 rings (SSSR count). The van der Waals surface area contributed by atoms with Gasteiger partial charge in [0.1, 0.15) is 5.69 Å². The van der Waals surface area contributed by atoms with E-state index in [1.807, 2.05) is 42.5 Å². The van der Waals surface area contributed by atoms with Crippen molar-refractivity contribution in [1.82, 2.24) is 9.97 Å². The van der Waals surface area contributed by atoms with Crippen molar-refractivity contribution in [1.29, 1.82) is 5.26 Å². The van der Waals surface area contributed by atoms with Crippen LogP contribution >= 0.6 is 0 Å². The summed E-state index contributed by atoms with van der Waals surface area (Å²) in [5.41, 5.74) is 4.07. The van der Waals surface area contributed by atoms with Gasteiger partial charge < -0.3 is 15.0 Å². The van der Waals surface area contributed by atoms with Crippen molar-refractivity contribution in [2.75, 3.05) is 23.9 Å². The minimum Gasteiger partial charge on any atom is -0.468 e. The van der Waals surface area contributed by atoms with Gasteiger partial charge in [-0.15, -0.1) is 0 Å². The molecular formula is C22H19N5O3. The van der Waals surface area contributed by atoms with E-state index in [0.29, 0.717) is 23.4 Å². The van der Waals surface area contributed by atoms with Crippen LogP contribution in [-0.2, 0) is 20.7 Å². The summed E-state index contributed by atoms with van der Waals surface area (Å²) in [6.07, 6.45) is 0.754. The van der Waals surface area contributed by atoms with Crippen molar-refractivity contribution in [2.45, 2.75) is 19.3 Å². The topological polar surface area (TPSA) is 108 Å². The van der Waals surface area contributed by atoms with Crippen molar-refractivity contribution >= 4 is 40.1 Å². The normalized spacial score (nSPS) is 13.4. The van der Waals surface area contributed by atoms with Gasteiger partial charge in [-0.05, 0) is 42.3 Å². The molecule has 0 saturated carbocycles. The number of rotatable bonds is 4. The fourth-order valence-electron chi connectivity index (χ4n) is 3.59. The molecule has 1 unspecified atom stereocenters. The molecule has 1 aliphatic rings. The van der Waals surface area contributed by atoms with E-state index in [4.69, 9.17) is 4.74 Å². The van der Waals surface area contributed by atoms with Crippen LogP contribution in [0.4, 0.5) is 17.2 Å². The molecule has 1 aromatic heterocycles. The Balaban J connectivity index is 1.77. The molecule has 8 nitrogen and oxygen atoms in total. The third-order valence-electron chi connectivity index (χ3n) is 5.05. The first kappa shape index (κ1) is 19.3. The maximum absolute atomic E-state index is 12.2. The Morgan fingerprint density at radius 3 is 2.60 bits per heavy atom. The fraction of sp³-hybridized carbons (Fsp3) is 0.227. The molecule has 0 saturated heterocycles. The Hall–Kier alpha value is -3.99. The zero-order valence-electron chi connectivity index (χ0n) is 16.5. The molecule has 1 amide bonds. The highest BCUT2D eigenvalue weighted by Crippen LogP contribution is 2.33. The maximum Gasteiger partial charge on any atom is 0.329 e. The summed E-state index contributed by atoms with van der Waals surface area (Å²) < 4.78 is 4.78. The highest BCUT2D eigenvalue weighted by atomic mass is 16.5. The Morgan fingerprint density at radius 2 is 1.93 bits per heavy atom. The Bertz CT molecular complexity index is 1200. The molecule has 8 heteroatoms. The Kier molecular flexibility index (Phi) is 5.02. The van der Waals surface area contributed by atoms with E-state index in [2.05, 4.69) is 15.3 Å². The van der Waals surface area contributed by atoms with E-state index in [1.165, 1.54) is 7.11 Å². The lowest BCUT2D eigenvalue weighted by atomic mass is 10.1. The number of ether oxygens (including phenoxy) is 1. The van der Waals surface area contributed by atoms with Crippen molar-refractivity contribution in [2.24, 2.45) is 0 Å². The monoisotopic (exact) mass is 401 g/mol. The van der Waals surface area contributed by atoms with Crippen molar-refractivity contribution < 1.29 is 14.3 Å². The van der Waals surface area contributed by atoms with Gasteiger partial charge in [0.25, 0.3) is 0 Å². The summed E-state index contributed by atoms with van der Waals surface area (Å²) in [5, 5.41) is 12.8. The van der Waals surface area contributed by atoms with Crippen LogP contribution in [-0.4, -0.2) is 35.5 Å². The second kappa shape index (κ2) is 7.79. The smallest absolute Gasteiger partial charge is 0.329 e. The number of para-hydroxylation sites is 2. The zero-order chi connectivity index (χ0) is 21.3. The number of aromatic nitrogens is 2. The second-order valence-corrected chi connectivity index (χ2v) is 6.92. The van der Waals surface area contributed by atoms with Crippen molar-refractivity contribution in [3.05, 3.63) is 53.7 Å². The summed E-state index contributed by atoms with van der Waals surface area (Å²) in [4.78, 5) is 34.8. The largest absolute Gasteiger partial charge is 0.468 e. The fourth-order valence-corrected chi connectivity index (χ4v) is 3.59. The van der Waals surface area contributed by atoms with Gasteiger partial charge in [-0.25, -0.2) is 9.97 Å². The molecule has 1 aliphatic heterocycles. The molecule has 2 heterocycles. The number of esters is 1. The Morgan fingerprint density at radius 1 is 1.20 bits per heavy atom. The van der Waals surface area contributed by atoms with Crippen LogP contribution in [0, 0.1) is 11.3 Å². The summed E-state index contributed by atoms with van der Waals surface area (Å²) in [7, 11) is 1.23. The highest BCUT2D eigenvalue weighted by molar-refractivity contribution is 5.94. The van der Waals surface area contributed by atoms with Gasteiger partial charge in [0.2, 0.25) is 5.91 Å². The van der Waals surface area contributed by atoms with E-state index in [1.54, 1.807) is 17.9 Å². The number of methoxy groups -OCH3 is 1. The quantitative estimate of drug-likeness (QED) is 0.669. The predicted octanol–water partition coefficient (Wildman–Crippen LogP) is 3.06. The lowest BCUT2D eigenvalue weighted by molar-refractivity contribution is -0.141. The summed E-state index contributed by atoms with van der Waals surface area (Å²) in [6, 6.07) is 14.8. The molecule has 1 N–H and O–H groups in total. The van der Waals surface area contributed by atoms with Crippen LogP contribution in [0.15, 0.2) is 42.5 Å². The number of hydrogen-bond donors (Lipinski definition) is 1. The summed E-state index contributed by atoms with van der Waals surface area (Å²) in [5.74, 6) is -1.59. The molecule has 0 aliphatic carbocycles. The molecule has 150 valence electrons. The first-order valence-electron chi connectivity index (χ1n) is 9.44. The van der Waals surface area contributed by atoms with E-state index >= 15 is 0 Å². The van der Waals surface area contributed by atoms with Crippen LogP contribution in [0.3, 0.4) is 0 Å². The molecule has 1 atom stereocenters. The molecule has 0 radical (unpaired) electrons. The lowest BCUT2D eigenvalue weighted by Gasteiger charge is -2.16. The number of nitrogens with zero attached hydrogens (tertiary/aromatic N) is 4. The number of fused-ring (bicyclic) bond motifs is 2. The van der Waals surface area contributed by atoms with E-state index < -0.39 is 11.9 Å². The average Bonchev–Trinajstić information content (AvgIpc) is 3.18. The third kappa shape index (κ3) is 3.42. The molecule has 30 heavy (non-hydrogen) atoms. The maximum atomic E-state index is 12.2. The van der Waals surface area contributed by atoms with Gasteiger partial charge in [0.15, 0.2) is 11.7 Å². The van der Waals surface area contributed by atoms with E-state index in [0.717, 1.165) is 23.4 Å². The molecular weight excluding hydrogens is 382 g/mol. The number of hydrogen-bond acceptors (Lipinski definition) is 7. The van der Waals surface area contributed by atoms with Gasteiger partial charge in [-0.2, -0.15) is 5.26 Å². The summed E-state index contributed by atoms with van der Waals surface area (Å²) in [6.45, 7) is 2.20. The number of benzene rings is 2. The standard InChI is InChI=1S/C22H19N5O3/c1-13(28)27-10-9-14-11-15(7-8-19(14)27)24-21-20(16(12-23)22(29)30-2)25-17-5-3-4-6-18(17)26-21/h3-8,11,16H,9-10H2,1-2H3,(H,24,26). The van der Waals surface area contributed by atoms with Gasteiger partial charge >= 0.3 is 5.97 Å². The van der Waals surface area contributed by atoms with Crippen LogP contribution in [0.2, 0.25) is 0 Å². The Labute approximate surface area is 173 Å². The first-order valence-corrected chi connectivity index (χ1v) is 9.44. The molecule has 0 fully saturated rings. The second-order valence-electron chi connectivity index (χ2n) is 6.92. The molecule has 0 bridgehead atoms. The SMILES string of the molecule is COC(=O)C(C#N)c1nc2ccccc2nc1Nc1ccc2c(c1)CCN2C(C)=O. The summed E-state index contributed by atoms with van der Waals surface area (Å²) >= 11 is 0. The predicted molar refractivity (Wildman–Crippen MR) is 111 cm³/mol.